The molecule has 156 valence electrons. The predicted octanol–water partition coefficient (Wildman–Crippen LogP) is 2.93. The average molecular weight is 416 g/mol. The van der Waals surface area contributed by atoms with Crippen LogP contribution in [0.2, 0.25) is 0 Å². The van der Waals surface area contributed by atoms with Gasteiger partial charge in [0.1, 0.15) is 11.8 Å². The summed E-state index contributed by atoms with van der Waals surface area (Å²) < 4.78 is 7.69. The SMILES string of the molecule is C[C@]1(CN2CCc3nc(-c4ccc(C#N)cc4)ccc3C2)Cn2cc([N+](=O)[O-])nc2O1. The molecule has 0 aliphatic carbocycles. The quantitative estimate of drug-likeness (QED) is 0.475. The first-order valence-electron chi connectivity index (χ1n) is 10.0. The molecule has 31 heavy (non-hydrogen) atoms. The molecule has 0 fully saturated rings. The van der Waals surface area contributed by atoms with E-state index in [-0.39, 0.29) is 5.82 Å². The van der Waals surface area contributed by atoms with E-state index in [0.717, 1.165) is 36.5 Å². The lowest BCUT2D eigenvalue weighted by molar-refractivity contribution is -0.389. The molecule has 0 saturated heterocycles. The molecule has 0 amide bonds. The summed E-state index contributed by atoms with van der Waals surface area (Å²) in [4.78, 5) is 21.5. The number of imidazole rings is 1. The van der Waals surface area contributed by atoms with Crippen LogP contribution in [0.15, 0.2) is 42.6 Å². The first-order chi connectivity index (χ1) is 14.9. The molecular weight excluding hydrogens is 396 g/mol. The first-order valence-corrected chi connectivity index (χ1v) is 10.0. The van der Waals surface area contributed by atoms with Gasteiger partial charge < -0.3 is 14.9 Å². The maximum absolute atomic E-state index is 10.9. The maximum Gasteiger partial charge on any atom is 0.415 e. The molecule has 5 rings (SSSR count). The molecule has 0 unspecified atom stereocenters. The van der Waals surface area contributed by atoms with Crippen molar-refractivity contribution in [2.45, 2.75) is 32.0 Å². The van der Waals surface area contributed by atoms with Crippen molar-refractivity contribution in [3.8, 4) is 23.3 Å². The summed E-state index contributed by atoms with van der Waals surface area (Å²) in [6.45, 7) is 4.87. The molecule has 2 aromatic heterocycles. The second-order valence-electron chi connectivity index (χ2n) is 8.27. The summed E-state index contributed by atoms with van der Waals surface area (Å²) in [5.41, 5.74) is 4.36. The molecule has 2 aliphatic rings. The highest BCUT2D eigenvalue weighted by Gasteiger charge is 2.41. The van der Waals surface area contributed by atoms with Crippen LogP contribution in [0.3, 0.4) is 0 Å². The minimum absolute atomic E-state index is 0.187. The van der Waals surface area contributed by atoms with Gasteiger partial charge in [-0.05, 0) is 35.6 Å². The third-order valence-electron chi connectivity index (χ3n) is 5.75. The van der Waals surface area contributed by atoms with Crippen molar-refractivity contribution in [3.63, 3.8) is 0 Å². The molecule has 0 N–H and O–H groups in total. The van der Waals surface area contributed by atoms with Gasteiger partial charge in [0.2, 0.25) is 0 Å². The number of nitriles is 1. The van der Waals surface area contributed by atoms with E-state index in [9.17, 15) is 10.1 Å². The zero-order chi connectivity index (χ0) is 21.6. The molecule has 1 aromatic carbocycles. The van der Waals surface area contributed by atoms with E-state index in [0.29, 0.717) is 24.7 Å². The second kappa shape index (κ2) is 7.18. The normalized spacial score (nSPS) is 19.9. The van der Waals surface area contributed by atoms with Crippen LogP contribution in [0.1, 0.15) is 23.7 Å². The van der Waals surface area contributed by atoms with Crippen molar-refractivity contribution < 1.29 is 9.66 Å². The van der Waals surface area contributed by atoms with Crippen LogP contribution in [0.25, 0.3) is 11.3 Å². The lowest BCUT2D eigenvalue weighted by Gasteiger charge is -2.34. The molecule has 9 nitrogen and oxygen atoms in total. The smallest absolute Gasteiger partial charge is 0.415 e. The third-order valence-corrected chi connectivity index (χ3v) is 5.75. The summed E-state index contributed by atoms with van der Waals surface area (Å²) in [6, 6.07) is 14.0. The fourth-order valence-electron chi connectivity index (χ4n) is 4.32. The van der Waals surface area contributed by atoms with E-state index >= 15 is 0 Å². The Morgan fingerprint density at radius 2 is 2.06 bits per heavy atom. The van der Waals surface area contributed by atoms with Gasteiger partial charge in [-0.1, -0.05) is 18.2 Å². The largest absolute Gasteiger partial charge is 0.436 e. The Bertz CT molecular complexity index is 1190. The van der Waals surface area contributed by atoms with Crippen molar-refractivity contribution in [3.05, 3.63) is 69.5 Å². The third kappa shape index (κ3) is 3.62. The molecule has 0 radical (unpaired) electrons. The van der Waals surface area contributed by atoms with Gasteiger partial charge in [0.15, 0.2) is 0 Å². The van der Waals surface area contributed by atoms with Crippen LogP contribution < -0.4 is 4.74 Å². The molecule has 4 heterocycles. The Kier molecular flexibility index (Phi) is 4.45. The Morgan fingerprint density at radius 1 is 1.26 bits per heavy atom. The Hall–Kier alpha value is -3.77. The fourth-order valence-corrected chi connectivity index (χ4v) is 4.32. The van der Waals surface area contributed by atoms with E-state index in [2.05, 4.69) is 22.0 Å². The minimum Gasteiger partial charge on any atom is -0.436 e. The highest BCUT2D eigenvalue weighted by Crippen LogP contribution is 2.32. The number of fused-ring (bicyclic) bond motifs is 2. The number of nitro groups is 1. The first kappa shape index (κ1) is 19.2. The van der Waals surface area contributed by atoms with Gasteiger partial charge in [0.05, 0.1) is 23.9 Å². The van der Waals surface area contributed by atoms with Gasteiger partial charge in [-0.3, -0.25) is 14.5 Å². The highest BCUT2D eigenvalue weighted by atomic mass is 16.6. The van der Waals surface area contributed by atoms with Crippen LogP contribution in [0.4, 0.5) is 5.82 Å². The Balaban J connectivity index is 1.27. The van der Waals surface area contributed by atoms with E-state index in [1.807, 2.05) is 25.1 Å². The van der Waals surface area contributed by atoms with E-state index in [1.165, 1.54) is 11.8 Å². The summed E-state index contributed by atoms with van der Waals surface area (Å²) in [5.74, 6) is -0.187. The molecule has 9 heteroatoms. The number of rotatable bonds is 4. The van der Waals surface area contributed by atoms with Crippen LogP contribution in [-0.2, 0) is 19.5 Å². The van der Waals surface area contributed by atoms with Crippen LogP contribution in [0, 0.1) is 21.4 Å². The van der Waals surface area contributed by atoms with Crippen molar-refractivity contribution in [1.82, 2.24) is 19.4 Å². The summed E-state index contributed by atoms with van der Waals surface area (Å²) in [7, 11) is 0. The van der Waals surface area contributed by atoms with Gasteiger partial charge >= 0.3 is 11.8 Å². The molecule has 2 aliphatic heterocycles. The molecule has 0 bridgehead atoms. The number of pyridine rings is 1. The summed E-state index contributed by atoms with van der Waals surface area (Å²) in [5, 5.41) is 19.9. The maximum atomic E-state index is 10.9. The zero-order valence-electron chi connectivity index (χ0n) is 17.0. The number of benzene rings is 1. The van der Waals surface area contributed by atoms with Crippen molar-refractivity contribution in [2.75, 3.05) is 13.1 Å². The number of hydrogen-bond donors (Lipinski definition) is 0. The van der Waals surface area contributed by atoms with Gasteiger partial charge in [0.25, 0.3) is 0 Å². The zero-order valence-corrected chi connectivity index (χ0v) is 17.0. The van der Waals surface area contributed by atoms with E-state index in [1.54, 1.807) is 16.7 Å². The average Bonchev–Trinajstić information content (AvgIpc) is 3.28. The topological polar surface area (TPSA) is 110 Å². The summed E-state index contributed by atoms with van der Waals surface area (Å²) >= 11 is 0. The van der Waals surface area contributed by atoms with Crippen LogP contribution in [0.5, 0.6) is 6.01 Å². The molecule has 1 atom stereocenters. The van der Waals surface area contributed by atoms with Crippen LogP contribution in [-0.4, -0.2) is 43.0 Å². The van der Waals surface area contributed by atoms with Gasteiger partial charge in [-0.25, -0.2) is 0 Å². The number of hydrogen-bond acceptors (Lipinski definition) is 7. The monoisotopic (exact) mass is 416 g/mol. The number of ether oxygens (including phenoxy) is 1. The second-order valence-corrected chi connectivity index (χ2v) is 8.27. The minimum atomic E-state index is -0.507. The lowest BCUT2D eigenvalue weighted by Crippen LogP contribution is -2.46. The molecule has 0 saturated carbocycles. The molecule has 0 spiro atoms. The van der Waals surface area contributed by atoms with Gasteiger partial charge in [-0.2, -0.15) is 5.26 Å². The standard InChI is InChI=1S/C22H20N6O3/c1-22(14-27-12-20(28(29)30)25-21(27)31-22)13-26-9-8-19-17(11-26)6-7-18(24-19)16-4-2-15(10-23)3-5-16/h2-7,12H,8-9,11,13-14H2,1H3/t22-/m0/s1. The molecule has 3 aromatic rings. The number of nitrogens with zero attached hydrogens (tertiary/aromatic N) is 6. The fraction of sp³-hybridized carbons (Fsp3) is 0.318. The Labute approximate surface area is 178 Å². The Morgan fingerprint density at radius 3 is 2.77 bits per heavy atom. The van der Waals surface area contributed by atoms with Gasteiger partial charge in [-0.15, -0.1) is 0 Å². The van der Waals surface area contributed by atoms with Crippen molar-refractivity contribution in [2.24, 2.45) is 0 Å². The van der Waals surface area contributed by atoms with Crippen molar-refractivity contribution >= 4 is 5.82 Å². The lowest BCUT2D eigenvalue weighted by atomic mass is 10.00. The van der Waals surface area contributed by atoms with E-state index in [4.69, 9.17) is 15.0 Å². The van der Waals surface area contributed by atoms with Gasteiger partial charge in [0, 0.05) is 42.3 Å². The predicted molar refractivity (Wildman–Crippen MR) is 111 cm³/mol. The summed E-state index contributed by atoms with van der Waals surface area (Å²) in [6.07, 6.45) is 2.27. The van der Waals surface area contributed by atoms with Crippen LogP contribution >= 0.6 is 0 Å². The highest BCUT2D eigenvalue weighted by molar-refractivity contribution is 5.61. The molecular formula is C22H20N6O3. The van der Waals surface area contributed by atoms with E-state index < -0.39 is 10.5 Å². The number of aromatic nitrogens is 3. The van der Waals surface area contributed by atoms with Crippen molar-refractivity contribution in [1.29, 1.82) is 5.26 Å².